The van der Waals surface area contributed by atoms with Crippen LogP contribution in [-0.4, -0.2) is 15.1 Å². The molecule has 0 aliphatic heterocycles. The van der Waals surface area contributed by atoms with E-state index >= 15 is 0 Å². The summed E-state index contributed by atoms with van der Waals surface area (Å²) in [4.78, 5) is 0.845. The number of hydrogen-bond acceptors (Lipinski definition) is 2. The van der Waals surface area contributed by atoms with Gasteiger partial charge in [-0.25, -0.2) is 8.51 Å². The van der Waals surface area contributed by atoms with Crippen LogP contribution in [0.4, 0.5) is 0 Å². The first-order valence-electron chi connectivity index (χ1n) is 10.3. The molecule has 1 unspecified atom stereocenters. The van der Waals surface area contributed by atoms with E-state index in [0.29, 0.717) is 13.1 Å². The van der Waals surface area contributed by atoms with Crippen LogP contribution in [0.1, 0.15) is 37.5 Å². The minimum absolute atomic E-state index is 0.639. The molecule has 3 aromatic carbocycles. The molecule has 29 heavy (non-hydrogen) atoms. The van der Waals surface area contributed by atoms with E-state index < -0.39 is 11.0 Å². The van der Waals surface area contributed by atoms with Crippen molar-refractivity contribution in [2.45, 2.75) is 45.3 Å². The molecule has 3 nitrogen and oxygen atoms in total. The van der Waals surface area contributed by atoms with Crippen molar-refractivity contribution in [1.82, 2.24) is 9.62 Å². The smallest absolute Gasteiger partial charge is 0.128 e. The standard InChI is InChI=1S/C23H26N2OS.C2H6/c1-2-24-17-22-14-9-15-23(16-22)27(26)25(18-20-10-5-3-6-11-20)19-21-12-7-4-8-13-21;1-2/h3-16,24H,2,17-19H2,1H3;1-2H3. The van der Waals surface area contributed by atoms with Crippen LogP contribution in [0.2, 0.25) is 0 Å². The topological polar surface area (TPSA) is 32.3 Å². The molecular weight excluding hydrogens is 376 g/mol. The third-order valence-electron chi connectivity index (χ3n) is 4.32. The molecule has 0 bridgehead atoms. The van der Waals surface area contributed by atoms with E-state index in [1.807, 2.05) is 72.7 Å². The van der Waals surface area contributed by atoms with Gasteiger partial charge in [0.15, 0.2) is 0 Å². The normalized spacial score (nSPS) is 11.6. The van der Waals surface area contributed by atoms with Gasteiger partial charge < -0.3 is 5.32 Å². The molecule has 1 atom stereocenters. The van der Waals surface area contributed by atoms with Crippen molar-refractivity contribution in [3.8, 4) is 0 Å². The average Bonchev–Trinajstić information content (AvgIpc) is 2.80. The van der Waals surface area contributed by atoms with E-state index in [1.54, 1.807) is 0 Å². The van der Waals surface area contributed by atoms with Crippen molar-refractivity contribution in [3.05, 3.63) is 102 Å². The van der Waals surface area contributed by atoms with Crippen molar-refractivity contribution in [1.29, 1.82) is 0 Å². The molecule has 0 aromatic heterocycles. The summed E-state index contributed by atoms with van der Waals surface area (Å²) in [5, 5.41) is 3.33. The van der Waals surface area contributed by atoms with Gasteiger partial charge in [0.25, 0.3) is 0 Å². The summed E-state index contributed by atoms with van der Waals surface area (Å²) in [6.07, 6.45) is 0. The zero-order valence-electron chi connectivity index (χ0n) is 17.7. The monoisotopic (exact) mass is 408 g/mol. The van der Waals surface area contributed by atoms with Crippen LogP contribution in [0, 0.1) is 0 Å². The Kier molecular flexibility index (Phi) is 10.4. The molecule has 0 saturated carbocycles. The van der Waals surface area contributed by atoms with Crippen LogP contribution in [0.15, 0.2) is 89.8 Å². The van der Waals surface area contributed by atoms with Crippen LogP contribution < -0.4 is 5.32 Å². The number of hydrogen-bond donors (Lipinski definition) is 1. The zero-order valence-corrected chi connectivity index (χ0v) is 18.5. The molecule has 0 spiro atoms. The Balaban J connectivity index is 0.00000145. The van der Waals surface area contributed by atoms with Gasteiger partial charge in [0.2, 0.25) is 0 Å². The van der Waals surface area contributed by atoms with Crippen molar-refractivity contribution in [2.24, 2.45) is 0 Å². The Morgan fingerprint density at radius 3 is 1.79 bits per heavy atom. The average molecular weight is 409 g/mol. The van der Waals surface area contributed by atoms with Gasteiger partial charge in [-0.15, -0.1) is 0 Å². The summed E-state index contributed by atoms with van der Waals surface area (Å²) in [6, 6.07) is 28.5. The molecule has 4 heteroatoms. The highest BCUT2D eigenvalue weighted by Gasteiger charge is 2.17. The summed E-state index contributed by atoms with van der Waals surface area (Å²) in [7, 11) is -1.23. The Morgan fingerprint density at radius 1 is 0.759 bits per heavy atom. The Labute approximate surface area is 178 Å². The molecule has 0 aliphatic carbocycles. The molecular formula is C25H32N2OS. The van der Waals surface area contributed by atoms with Crippen molar-refractivity contribution < 1.29 is 4.21 Å². The summed E-state index contributed by atoms with van der Waals surface area (Å²) in [6.45, 7) is 9.07. The van der Waals surface area contributed by atoms with Gasteiger partial charge in [-0.3, -0.25) is 0 Å². The quantitative estimate of drug-likeness (QED) is 0.504. The summed E-state index contributed by atoms with van der Waals surface area (Å²) in [5.41, 5.74) is 3.47. The van der Waals surface area contributed by atoms with Gasteiger partial charge in [-0.2, -0.15) is 0 Å². The van der Waals surface area contributed by atoms with Crippen LogP contribution >= 0.6 is 0 Å². The van der Waals surface area contributed by atoms with E-state index in [4.69, 9.17) is 0 Å². The van der Waals surface area contributed by atoms with E-state index in [9.17, 15) is 4.21 Å². The SMILES string of the molecule is CC.CCNCc1cccc(S(=O)N(Cc2ccccc2)Cc2ccccc2)c1. The van der Waals surface area contributed by atoms with Crippen molar-refractivity contribution in [3.63, 3.8) is 0 Å². The van der Waals surface area contributed by atoms with Crippen LogP contribution in [0.5, 0.6) is 0 Å². The third-order valence-corrected chi connectivity index (χ3v) is 5.70. The molecule has 0 fully saturated rings. The second kappa shape index (κ2) is 13.0. The Bertz CT molecular complexity index is 811. The lowest BCUT2D eigenvalue weighted by Crippen LogP contribution is -2.25. The second-order valence-corrected chi connectivity index (χ2v) is 7.93. The van der Waals surface area contributed by atoms with Gasteiger partial charge in [0.05, 0.1) is 4.90 Å². The Hall–Kier alpha value is -2.27. The Morgan fingerprint density at radius 2 is 1.28 bits per heavy atom. The summed E-state index contributed by atoms with van der Waals surface area (Å²) < 4.78 is 15.4. The number of nitrogens with zero attached hydrogens (tertiary/aromatic N) is 1. The zero-order chi connectivity index (χ0) is 20.9. The van der Waals surface area contributed by atoms with Crippen LogP contribution in [0.3, 0.4) is 0 Å². The van der Waals surface area contributed by atoms with Gasteiger partial charge in [0.1, 0.15) is 11.0 Å². The molecule has 154 valence electrons. The predicted molar refractivity (Wildman–Crippen MR) is 124 cm³/mol. The molecule has 3 rings (SSSR count). The molecule has 0 saturated heterocycles. The first kappa shape index (κ1) is 23.0. The van der Waals surface area contributed by atoms with Crippen LogP contribution in [0.25, 0.3) is 0 Å². The highest BCUT2D eigenvalue weighted by Crippen LogP contribution is 2.19. The van der Waals surface area contributed by atoms with Gasteiger partial charge in [0, 0.05) is 19.6 Å². The van der Waals surface area contributed by atoms with Crippen molar-refractivity contribution in [2.75, 3.05) is 6.54 Å². The number of nitrogens with one attached hydrogen (secondary N) is 1. The second-order valence-electron chi connectivity index (χ2n) is 6.45. The maximum atomic E-state index is 13.4. The van der Waals surface area contributed by atoms with E-state index in [1.165, 1.54) is 0 Å². The van der Waals surface area contributed by atoms with Crippen LogP contribution in [-0.2, 0) is 30.6 Å². The summed E-state index contributed by atoms with van der Waals surface area (Å²) in [5.74, 6) is 0. The number of rotatable bonds is 9. The fourth-order valence-corrected chi connectivity index (χ4v) is 4.21. The maximum absolute atomic E-state index is 13.4. The molecule has 1 N–H and O–H groups in total. The highest BCUT2D eigenvalue weighted by atomic mass is 32.2. The minimum atomic E-state index is -1.23. The van der Waals surface area contributed by atoms with E-state index in [2.05, 4.69) is 42.6 Å². The first-order chi connectivity index (χ1) is 14.3. The minimum Gasteiger partial charge on any atom is -0.313 e. The van der Waals surface area contributed by atoms with Gasteiger partial charge in [-0.1, -0.05) is 93.6 Å². The molecule has 0 radical (unpaired) electrons. The largest absolute Gasteiger partial charge is 0.313 e. The first-order valence-corrected chi connectivity index (χ1v) is 11.4. The van der Waals surface area contributed by atoms with E-state index in [0.717, 1.165) is 34.7 Å². The lowest BCUT2D eigenvalue weighted by molar-refractivity contribution is 0.435. The lowest BCUT2D eigenvalue weighted by Gasteiger charge is -2.22. The fraction of sp³-hybridized carbons (Fsp3) is 0.280. The lowest BCUT2D eigenvalue weighted by atomic mass is 10.2. The third kappa shape index (κ3) is 7.58. The number of benzene rings is 3. The summed E-state index contributed by atoms with van der Waals surface area (Å²) >= 11 is 0. The molecule has 0 amide bonds. The molecule has 3 aromatic rings. The fourth-order valence-electron chi connectivity index (χ4n) is 2.93. The van der Waals surface area contributed by atoms with Gasteiger partial charge >= 0.3 is 0 Å². The molecule has 0 heterocycles. The predicted octanol–water partition coefficient (Wildman–Crippen LogP) is 5.55. The highest BCUT2D eigenvalue weighted by molar-refractivity contribution is 7.82. The van der Waals surface area contributed by atoms with E-state index in [-0.39, 0.29) is 0 Å². The van der Waals surface area contributed by atoms with Gasteiger partial charge in [-0.05, 0) is 35.4 Å². The van der Waals surface area contributed by atoms with Crippen molar-refractivity contribution >= 4 is 11.0 Å². The maximum Gasteiger partial charge on any atom is 0.128 e. The molecule has 0 aliphatic rings.